The molecule has 2 aromatic rings. The number of ether oxygens (including phenoxy) is 1. The van der Waals surface area contributed by atoms with Crippen LogP contribution in [0, 0.1) is 0 Å². The van der Waals surface area contributed by atoms with E-state index in [-0.39, 0.29) is 11.7 Å². The summed E-state index contributed by atoms with van der Waals surface area (Å²) in [4.78, 5) is 12.9. The average molecular weight is 369 g/mol. The van der Waals surface area contributed by atoms with Gasteiger partial charge in [0.05, 0.1) is 18.7 Å². The Hall–Kier alpha value is -3.06. The molecule has 0 saturated carbocycles. The number of carbonyl (C=O) groups excluding carboxylic acids is 1. The molecule has 7 heteroatoms. The molecule has 0 fully saturated rings. The van der Waals surface area contributed by atoms with Gasteiger partial charge in [0.1, 0.15) is 11.5 Å². The first-order valence-electron chi connectivity index (χ1n) is 8.00. The number of hydrogen-bond donors (Lipinski definition) is 4. The van der Waals surface area contributed by atoms with Crippen LogP contribution >= 0.6 is 12.2 Å². The van der Waals surface area contributed by atoms with E-state index in [4.69, 9.17) is 17.0 Å². The normalized spacial score (nSPS) is 16.5. The fourth-order valence-electron chi connectivity index (χ4n) is 2.78. The van der Waals surface area contributed by atoms with Crippen molar-refractivity contribution in [1.29, 1.82) is 0 Å². The van der Waals surface area contributed by atoms with Crippen LogP contribution in [0.1, 0.15) is 18.5 Å². The molecule has 0 spiro atoms. The number of nitrogens with one attached hydrogen (secondary N) is 3. The summed E-state index contributed by atoms with van der Waals surface area (Å²) in [5.41, 5.74) is 2.69. The van der Waals surface area contributed by atoms with Crippen molar-refractivity contribution >= 4 is 28.9 Å². The first-order valence-corrected chi connectivity index (χ1v) is 8.41. The molecule has 6 nitrogen and oxygen atoms in total. The van der Waals surface area contributed by atoms with Crippen molar-refractivity contribution in [3.63, 3.8) is 0 Å². The fraction of sp³-hybridized carbons (Fsp3) is 0.158. The van der Waals surface area contributed by atoms with Crippen LogP contribution in [0.3, 0.4) is 0 Å². The third kappa shape index (κ3) is 3.78. The minimum atomic E-state index is -0.414. The Morgan fingerprint density at radius 3 is 2.42 bits per heavy atom. The highest BCUT2D eigenvalue weighted by Gasteiger charge is 2.29. The number of aromatic hydroxyl groups is 1. The highest BCUT2D eigenvalue weighted by atomic mass is 32.1. The number of anilines is 1. The number of hydrogen-bond acceptors (Lipinski definition) is 4. The lowest BCUT2D eigenvalue weighted by atomic mass is 9.95. The van der Waals surface area contributed by atoms with Gasteiger partial charge in [-0.25, -0.2) is 0 Å². The van der Waals surface area contributed by atoms with E-state index in [1.807, 2.05) is 6.92 Å². The zero-order valence-electron chi connectivity index (χ0n) is 14.4. The first-order chi connectivity index (χ1) is 12.5. The average Bonchev–Trinajstić information content (AvgIpc) is 2.62. The molecule has 0 unspecified atom stereocenters. The zero-order valence-corrected chi connectivity index (χ0v) is 15.2. The first kappa shape index (κ1) is 17.8. The number of allylic oxidation sites excluding steroid dienone is 1. The molecule has 1 aliphatic rings. The minimum Gasteiger partial charge on any atom is -0.508 e. The van der Waals surface area contributed by atoms with Crippen LogP contribution in [0.2, 0.25) is 0 Å². The van der Waals surface area contributed by atoms with Gasteiger partial charge in [-0.2, -0.15) is 0 Å². The Bertz CT molecular complexity index is 861. The molecule has 134 valence electrons. The molecule has 3 rings (SSSR count). The summed E-state index contributed by atoms with van der Waals surface area (Å²) in [6, 6.07) is 13.4. The number of methoxy groups -OCH3 is 1. The van der Waals surface area contributed by atoms with Gasteiger partial charge in [-0.1, -0.05) is 12.1 Å². The van der Waals surface area contributed by atoms with Crippen molar-refractivity contribution in [2.24, 2.45) is 0 Å². The van der Waals surface area contributed by atoms with E-state index in [0.29, 0.717) is 27.8 Å². The molecule has 1 atom stereocenters. The number of rotatable bonds is 4. The molecule has 1 heterocycles. The van der Waals surface area contributed by atoms with Gasteiger partial charge < -0.3 is 25.8 Å². The number of benzene rings is 2. The van der Waals surface area contributed by atoms with Gasteiger partial charge in [0, 0.05) is 11.4 Å². The summed E-state index contributed by atoms with van der Waals surface area (Å²) in [7, 11) is 1.59. The number of amides is 1. The van der Waals surface area contributed by atoms with Gasteiger partial charge in [-0.15, -0.1) is 0 Å². The van der Waals surface area contributed by atoms with Crippen molar-refractivity contribution in [3.8, 4) is 11.5 Å². The quantitative estimate of drug-likeness (QED) is 0.621. The lowest BCUT2D eigenvalue weighted by molar-refractivity contribution is -0.113. The highest BCUT2D eigenvalue weighted by molar-refractivity contribution is 7.80. The summed E-state index contributed by atoms with van der Waals surface area (Å²) in [6.45, 7) is 1.81. The minimum absolute atomic E-state index is 0.162. The van der Waals surface area contributed by atoms with Gasteiger partial charge in [-0.05, 0) is 61.1 Å². The zero-order chi connectivity index (χ0) is 18.7. The maximum atomic E-state index is 12.9. The summed E-state index contributed by atoms with van der Waals surface area (Å²) < 4.78 is 5.13. The molecular formula is C19H19N3O3S. The van der Waals surface area contributed by atoms with Gasteiger partial charge in [0.15, 0.2) is 5.11 Å². The molecule has 0 radical (unpaired) electrons. The predicted octanol–water partition coefficient (Wildman–Crippen LogP) is 2.83. The maximum Gasteiger partial charge on any atom is 0.255 e. The van der Waals surface area contributed by atoms with Crippen LogP contribution in [0.15, 0.2) is 59.8 Å². The maximum absolute atomic E-state index is 12.9. The number of phenols is 1. The smallest absolute Gasteiger partial charge is 0.255 e. The van der Waals surface area contributed by atoms with Crippen LogP contribution < -0.4 is 20.7 Å². The van der Waals surface area contributed by atoms with Crippen molar-refractivity contribution in [2.45, 2.75) is 13.0 Å². The molecule has 0 aliphatic carbocycles. The second-order valence-electron chi connectivity index (χ2n) is 5.84. The number of carbonyl (C=O) groups is 1. The summed E-state index contributed by atoms with van der Waals surface area (Å²) >= 11 is 5.23. The molecular weight excluding hydrogens is 350 g/mol. The van der Waals surface area contributed by atoms with Crippen LogP contribution in [0.4, 0.5) is 5.69 Å². The van der Waals surface area contributed by atoms with E-state index < -0.39 is 6.04 Å². The molecule has 1 amide bonds. The number of thiocarbonyl (C=S) groups is 1. The Morgan fingerprint density at radius 1 is 1.15 bits per heavy atom. The highest BCUT2D eigenvalue weighted by Crippen LogP contribution is 2.29. The van der Waals surface area contributed by atoms with E-state index in [9.17, 15) is 9.90 Å². The van der Waals surface area contributed by atoms with E-state index in [0.717, 1.165) is 5.56 Å². The lowest BCUT2D eigenvalue weighted by Crippen LogP contribution is -2.45. The summed E-state index contributed by atoms with van der Waals surface area (Å²) in [5.74, 6) is 0.634. The van der Waals surface area contributed by atoms with Gasteiger partial charge in [-0.3, -0.25) is 4.79 Å². The molecule has 1 aliphatic heterocycles. The van der Waals surface area contributed by atoms with Crippen LogP contribution in [0.5, 0.6) is 11.5 Å². The van der Waals surface area contributed by atoms with E-state index in [1.54, 1.807) is 55.6 Å². The molecule has 26 heavy (non-hydrogen) atoms. The number of phenolic OH excluding ortho intramolecular Hbond substituents is 1. The standard InChI is InChI=1S/C19H19N3O3S/c1-11-16(18(24)21-13-5-9-15(25-2)10-6-13)17(22-19(26)20-11)12-3-7-14(23)8-4-12/h3-10,17,23H,1-2H3,(H,21,24)(H2,20,22,26)/t17-/m0/s1. The van der Waals surface area contributed by atoms with Crippen LogP contribution in [0.25, 0.3) is 0 Å². The van der Waals surface area contributed by atoms with Crippen molar-refractivity contribution in [3.05, 3.63) is 65.4 Å². The van der Waals surface area contributed by atoms with E-state index >= 15 is 0 Å². The second-order valence-corrected chi connectivity index (χ2v) is 6.25. The topological polar surface area (TPSA) is 82.6 Å². The Morgan fingerprint density at radius 2 is 1.81 bits per heavy atom. The summed E-state index contributed by atoms with van der Waals surface area (Å²) in [6.07, 6.45) is 0. The fourth-order valence-corrected chi connectivity index (χ4v) is 3.06. The largest absolute Gasteiger partial charge is 0.508 e. The Kier molecular flexibility index (Phi) is 5.09. The van der Waals surface area contributed by atoms with Crippen LogP contribution in [-0.2, 0) is 4.79 Å². The Balaban J connectivity index is 1.89. The monoisotopic (exact) mass is 369 g/mol. The molecule has 2 aromatic carbocycles. The van der Waals surface area contributed by atoms with Crippen LogP contribution in [-0.4, -0.2) is 23.2 Å². The SMILES string of the molecule is COc1ccc(NC(=O)C2=C(C)NC(=S)N[C@H]2c2ccc(O)cc2)cc1. The van der Waals surface area contributed by atoms with Crippen molar-refractivity contribution in [1.82, 2.24) is 10.6 Å². The summed E-state index contributed by atoms with van der Waals surface area (Å²) in [5, 5.41) is 19.0. The van der Waals surface area contributed by atoms with Gasteiger partial charge >= 0.3 is 0 Å². The molecule has 0 bridgehead atoms. The predicted molar refractivity (Wildman–Crippen MR) is 104 cm³/mol. The van der Waals surface area contributed by atoms with Crippen molar-refractivity contribution in [2.75, 3.05) is 12.4 Å². The lowest BCUT2D eigenvalue weighted by Gasteiger charge is -2.30. The molecule has 0 saturated heterocycles. The van der Waals surface area contributed by atoms with Gasteiger partial charge in [0.25, 0.3) is 5.91 Å². The molecule has 0 aromatic heterocycles. The second kappa shape index (κ2) is 7.45. The van der Waals surface area contributed by atoms with E-state index in [2.05, 4.69) is 16.0 Å². The third-order valence-corrected chi connectivity index (χ3v) is 4.31. The molecule has 4 N–H and O–H groups in total. The van der Waals surface area contributed by atoms with E-state index in [1.165, 1.54) is 0 Å². The van der Waals surface area contributed by atoms with Gasteiger partial charge in [0.2, 0.25) is 0 Å². The Labute approximate surface area is 156 Å². The third-order valence-electron chi connectivity index (χ3n) is 4.09. The van der Waals surface area contributed by atoms with Crippen molar-refractivity contribution < 1.29 is 14.6 Å².